The van der Waals surface area contributed by atoms with Gasteiger partial charge < -0.3 is 0 Å². The zero-order chi connectivity index (χ0) is 12.1. The molecule has 2 unspecified atom stereocenters. The molecule has 0 aromatic carbocycles. The van der Waals surface area contributed by atoms with Gasteiger partial charge in [0.2, 0.25) is 0 Å². The lowest BCUT2D eigenvalue weighted by atomic mass is 10.0. The number of piperazine rings is 1. The average molecular weight is 256 g/mol. The topological polar surface area (TPSA) is 6.48 Å². The number of hydrogen-bond acceptors (Lipinski definition) is 3. The van der Waals surface area contributed by atoms with E-state index in [2.05, 4.69) is 23.0 Å². The molecule has 0 aromatic heterocycles. The standard InChI is InChI=1S/C14H28N2S/c1-3-13-11-16-9-6-7-14(16)12-15(13)8-4-5-10-17-2/h13-14H,3-12H2,1-2H3. The van der Waals surface area contributed by atoms with Crippen LogP contribution in [0.25, 0.3) is 0 Å². The molecular weight excluding hydrogens is 228 g/mol. The van der Waals surface area contributed by atoms with Crippen LogP contribution in [0.2, 0.25) is 0 Å². The fraction of sp³-hybridized carbons (Fsp3) is 1.00. The van der Waals surface area contributed by atoms with Gasteiger partial charge in [-0.25, -0.2) is 0 Å². The van der Waals surface area contributed by atoms with Gasteiger partial charge in [-0.05, 0) is 57.2 Å². The molecule has 17 heavy (non-hydrogen) atoms. The molecule has 0 aromatic rings. The third-order valence-corrected chi connectivity index (χ3v) is 5.12. The first kappa shape index (κ1) is 13.7. The van der Waals surface area contributed by atoms with E-state index in [-0.39, 0.29) is 0 Å². The molecule has 2 heterocycles. The number of rotatable bonds is 6. The van der Waals surface area contributed by atoms with Crippen molar-refractivity contribution in [3.8, 4) is 0 Å². The summed E-state index contributed by atoms with van der Waals surface area (Å²) in [6, 6.07) is 1.72. The van der Waals surface area contributed by atoms with Crippen LogP contribution >= 0.6 is 11.8 Å². The summed E-state index contributed by atoms with van der Waals surface area (Å²) in [5.41, 5.74) is 0. The van der Waals surface area contributed by atoms with Gasteiger partial charge in [0.05, 0.1) is 0 Å². The quantitative estimate of drug-likeness (QED) is 0.675. The smallest absolute Gasteiger partial charge is 0.0224 e. The number of fused-ring (bicyclic) bond motifs is 1. The Balaban J connectivity index is 1.77. The first-order valence-electron chi connectivity index (χ1n) is 7.32. The van der Waals surface area contributed by atoms with E-state index in [9.17, 15) is 0 Å². The van der Waals surface area contributed by atoms with Crippen molar-refractivity contribution in [2.75, 3.05) is 38.2 Å². The van der Waals surface area contributed by atoms with Gasteiger partial charge >= 0.3 is 0 Å². The van der Waals surface area contributed by atoms with Crippen molar-refractivity contribution < 1.29 is 0 Å². The Morgan fingerprint density at radius 3 is 2.88 bits per heavy atom. The van der Waals surface area contributed by atoms with Crippen LogP contribution in [0.5, 0.6) is 0 Å². The molecule has 0 aliphatic carbocycles. The third-order valence-electron chi connectivity index (χ3n) is 4.42. The highest BCUT2D eigenvalue weighted by atomic mass is 32.2. The van der Waals surface area contributed by atoms with Crippen molar-refractivity contribution in [3.63, 3.8) is 0 Å². The SMILES string of the molecule is CCC1CN2CCCC2CN1CCCCSC. The van der Waals surface area contributed by atoms with Crippen molar-refractivity contribution >= 4 is 11.8 Å². The van der Waals surface area contributed by atoms with Crippen molar-refractivity contribution in [1.82, 2.24) is 9.80 Å². The minimum atomic E-state index is 0.832. The van der Waals surface area contributed by atoms with Gasteiger partial charge in [0.15, 0.2) is 0 Å². The van der Waals surface area contributed by atoms with Gasteiger partial charge in [-0.2, -0.15) is 11.8 Å². The van der Waals surface area contributed by atoms with Gasteiger partial charge in [-0.1, -0.05) is 6.92 Å². The molecule has 2 nitrogen and oxygen atoms in total. The second-order valence-corrected chi connectivity index (χ2v) is 6.53. The maximum atomic E-state index is 2.78. The monoisotopic (exact) mass is 256 g/mol. The van der Waals surface area contributed by atoms with Crippen LogP contribution in [0.3, 0.4) is 0 Å². The van der Waals surface area contributed by atoms with Crippen molar-refractivity contribution in [3.05, 3.63) is 0 Å². The molecule has 2 aliphatic rings. The number of hydrogen-bond donors (Lipinski definition) is 0. The Morgan fingerprint density at radius 2 is 2.12 bits per heavy atom. The first-order valence-corrected chi connectivity index (χ1v) is 8.71. The van der Waals surface area contributed by atoms with E-state index in [1.165, 1.54) is 64.0 Å². The molecule has 2 aliphatic heterocycles. The number of nitrogens with zero attached hydrogens (tertiary/aromatic N) is 2. The van der Waals surface area contributed by atoms with E-state index in [4.69, 9.17) is 0 Å². The van der Waals surface area contributed by atoms with Crippen molar-refractivity contribution in [2.24, 2.45) is 0 Å². The summed E-state index contributed by atoms with van der Waals surface area (Å²) in [5, 5.41) is 0. The molecule has 100 valence electrons. The Labute approximate surface area is 111 Å². The van der Waals surface area contributed by atoms with Gasteiger partial charge in [0.1, 0.15) is 0 Å². The molecule has 2 fully saturated rings. The molecule has 0 radical (unpaired) electrons. The number of thioether (sulfide) groups is 1. The second-order valence-electron chi connectivity index (χ2n) is 5.55. The second kappa shape index (κ2) is 7.01. The summed E-state index contributed by atoms with van der Waals surface area (Å²) in [7, 11) is 0. The van der Waals surface area contributed by atoms with Crippen LogP contribution < -0.4 is 0 Å². The molecular formula is C14H28N2S. The van der Waals surface area contributed by atoms with Gasteiger partial charge in [0.25, 0.3) is 0 Å². The maximum Gasteiger partial charge on any atom is 0.0224 e. The summed E-state index contributed by atoms with van der Waals surface area (Å²) >= 11 is 1.98. The predicted octanol–water partition coefficient (Wildman–Crippen LogP) is 2.69. The first-order chi connectivity index (χ1) is 8.35. The molecule has 3 heteroatoms. The zero-order valence-electron chi connectivity index (χ0n) is 11.5. The lowest BCUT2D eigenvalue weighted by molar-refractivity contribution is 0.0485. The molecule has 0 amide bonds. The molecule has 0 N–H and O–H groups in total. The minimum Gasteiger partial charge on any atom is -0.298 e. The Hall–Kier alpha value is 0.270. The van der Waals surface area contributed by atoms with Crippen LogP contribution in [-0.2, 0) is 0 Å². The van der Waals surface area contributed by atoms with Crippen LogP contribution in [0.4, 0.5) is 0 Å². The van der Waals surface area contributed by atoms with E-state index in [1.54, 1.807) is 0 Å². The molecule has 0 saturated carbocycles. The van der Waals surface area contributed by atoms with Crippen molar-refractivity contribution in [2.45, 2.75) is 51.1 Å². The van der Waals surface area contributed by atoms with Crippen molar-refractivity contribution in [1.29, 1.82) is 0 Å². The van der Waals surface area contributed by atoms with Gasteiger partial charge in [0, 0.05) is 25.2 Å². The summed E-state index contributed by atoms with van der Waals surface area (Å²) in [6.07, 6.45) is 9.20. The average Bonchev–Trinajstić information content (AvgIpc) is 2.80. The normalized spacial score (nSPS) is 30.7. The lowest BCUT2D eigenvalue weighted by Crippen LogP contribution is -2.55. The van der Waals surface area contributed by atoms with Crippen LogP contribution in [0.15, 0.2) is 0 Å². The molecule has 0 bridgehead atoms. The summed E-state index contributed by atoms with van der Waals surface area (Å²) < 4.78 is 0. The Morgan fingerprint density at radius 1 is 1.24 bits per heavy atom. The highest BCUT2D eigenvalue weighted by molar-refractivity contribution is 7.98. The summed E-state index contributed by atoms with van der Waals surface area (Å²) in [4.78, 5) is 5.53. The third kappa shape index (κ3) is 3.62. The van der Waals surface area contributed by atoms with Crippen LogP contribution in [-0.4, -0.2) is 60.1 Å². The van der Waals surface area contributed by atoms with Crippen LogP contribution in [0, 0.1) is 0 Å². The van der Waals surface area contributed by atoms with Crippen LogP contribution in [0.1, 0.15) is 39.0 Å². The highest BCUT2D eigenvalue weighted by Gasteiger charge is 2.34. The van der Waals surface area contributed by atoms with E-state index < -0.39 is 0 Å². The fourth-order valence-electron chi connectivity index (χ4n) is 3.37. The fourth-order valence-corrected chi connectivity index (χ4v) is 3.86. The zero-order valence-corrected chi connectivity index (χ0v) is 12.3. The minimum absolute atomic E-state index is 0.832. The lowest BCUT2D eigenvalue weighted by Gasteiger charge is -2.43. The van der Waals surface area contributed by atoms with E-state index in [0.717, 1.165) is 12.1 Å². The van der Waals surface area contributed by atoms with Gasteiger partial charge in [-0.15, -0.1) is 0 Å². The maximum absolute atomic E-state index is 2.78. The summed E-state index contributed by atoms with van der Waals surface area (Å²) in [5.74, 6) is 1.33. The Kier molecular flexibility index (Phi) is 5.64. The van der Waals surface area contributed by atoms with E-state index in [0.29, 0.717) is 0 Å². The highest BCUT2D eigenvalue weighted by Crippen LogP contribution is 2.26. The number of unbranched alkanes of at least 4 members (excludes halogenated alkanes) is 1. The van der Waals surface area contributed by atoms with E-state index >= 15 is 0 Å². The van der Waals surface area contributed by atoms with Gasteiger partial charge in [-0.3, -0.25) is 9.80 Å². The Bertz CT molecular complexity index is 222. The molecule has 2 atom stereocenters. The predicted molar refractivity (Wildman–Crippen MR) is 77.9 cm³/mol. The van der Waals surface area contributed by atoms with E-state index in [1.807, 2.05) is 11.8 Å². The largest absolute Gasteiger partial charge is 0.298 e. The molecule has 0 spiro atoms. The molecule has 2 rings (SSSR count). The summed E-state index contributed by atoms with van der Waals surface area (Å²) in [6.45, 7) is 7.74. The molecule has 2 saturated heterocycles.